The Morgan fingerprint density at radius 3 is 3.06 bits per heavy atom. The number of nitrogens with zero attached hydrogens (tertiary/aromatic N) is 1. The molecule has 0 radical (unpaired) electrons. The van der Waals surface area contributed by atoms with Gasteiger partial charge in [0.15, 0.2) is 6.10 Å². The van der Waals surface area contributed by atoms with Crippen molar-refractivity contribution in [1.82, 2.24) is 4.90 Å². The van der Waals surface area contributed by atoms with Crippen molar-refractivity contribution in [3.8, 4) is 0 Å². The fourth-order valence-electron chi connectivity index (χ4n) is 1.68. The van der Waals surface area contributed by atoms with Crippen LogP contribution in [0.25, 0.3) is 0 Å². The van der Waals surface area contributed by atoms with Gasteiger partial charge < -0.3 is 14.4 Å². The van der Waals surface area contributed by atoms with E-state index >= 15 is 0 Å². The molecule has 0 N–H and O–H groups in total. The zero-order valence-electron chi connectivity index (χ0n) is 9.13. The Morgan fingerprint density at radius 2 is 2.44 bits per heavy atom. The van der Waals surface area contributed by atoms with E-state index in [1.807, 2.05) is 0 Å². The average Bonchev–Trinajstić information content (AvgIpc) is 2.27. The van der Waals surface area contributed by atoms with Crippen LogP contribution >= 0.6 is 11.8 Å². The third-order valence-electron chi connectivity index (χ3n) is 2.51. The molecule has 1 fully saturated rings. The number of amides is 1. The first kappa shape index (κ1) is 11.5. The van der Waals surface area contributed by atoms with Gasteiger partial charge in [-0.15, -0.1) is 11.8 Å². The van der Waals surface area contributed by atoms with Gasteiger partial charge in [0.05, 0.1) is 0 Å². The number of rotatable bonds is 3. The van der Waals surface area contributed by atoms with Crippen LogP contribution in [0.5, 0.6) is 0 Å². The zero-order valence-corrected chi connectivity index (χ0v) is 9.95. The number of β-lactam (4-membered cyclic amide) rings is 1. The van der Waals surface area contributed by atoms with Crippen LogP contribution in [0.1, 0.15) is 6.92 Å². The van der Waals surface area contributed by atoms with Gasteiger partial charge in [0.1, 0.15) is 12.0 Å². The van der Waals surface area contributed by atoms with Crippen LogP contribution in [0.3, 0.4) is 0 Å². The summed E-state index contributed by atoms with van der Waals surface area (Å²) in [5, 5.41) is 0.0820. The Kier molecular flexibility index (Phi) is 3.20. The lowest BCUT2D eigenvalue weighted by atomic mass is 10.1. The van der Waals surface area contributed by atoms with Crippen molar-refractivity contribution < 1.29 is 19.1 Å². The smallest absolute Gasteiger partial charge is 0.302 e. The van der Waals surface area contributed by atoms with Crippen molar-refractivity contribution >= 4 is 23.6 Å². The molecule has 2 atom stereocenters. The summed E-state index contributed by atoms with van der Waals surface area (Å²) < 4.78 is 9.96. The van der Waals surface area contributed by atoms with Crippen LogP contribution in [0.15, 0.2) is 11.8 Å². The molecule has 0 saturated carbocycles. The minimum absolute atomic E-state index is 0.0278. The Morgan fingerprint density at radius 1 is 1.69 bits per heavy atom. The highest BCUT2D eigenvalue weighted by molar-refractivity contribution is 8.00. The highest BCUT2D eigenvalue weighted by Gasteiger charge is 2.48. The molecule has 0 aromatic carbocycles. The van der Waals surface area contributed by atoms with E-state index < -0.39 is 0 Å². The van der Waals surface area contributed by atoms with Crippen molar-refractivity contribution in [3.05, 3.63) is 11.8 Å². The second kappa shape index (κ2) is 4.47. The van der Waals surface area contributed by atoms with Gasteiger partial charge in [-0.25, -0.2) is 0 Å². The van der Waals surface area contributed by atoms with Crippen molar-refractivity contribution in [3.63, 3.8) is 0 Å². The van der Waals surface area contributed by atoms with Crippen molar-refractivity contribution in [2.75, 3.05) is 19.5 Å². The molecule has 6 heteroatoms. The summed E-state index contributed by atoms with van der Waals surface area (Å²) in [5.74, 6) is 0.430. The molecule has 2 heterocycles. The van der Waals surface area contributed by atoms with Crippen LogP contribution in [0.4, 0.5) is 0 Å². The quantitative estimate of drug-likeness (QED) is 0.529. The van der Waals surface area contributed by atoms with Crippen LogP contribution in [0.2, 0.25) is 0 Å². The predicted octanol–water partition coefficient (Wildman–Crippen LogP) is 0.364. The van der Waals surface area contributed by atoms with Crippen LogP contribution in [-0.2, 0) is 19.1 Å². The summed E-state index contributed by atoms with van der Waals surface area (Å²) in [6.07, 6.45) is 1.44. The summed E-state index contributed by atoms with van der Waals surface area (Å²) in [5.41, 5.74) is 0.944. The Hall–Kier alpha value is -1.01. The average molecular weight is 243 g/mol. The van der Waals surface area contributed by atoms with E-state index in [2.05, 4.69) is 0 Å². The van der Waals surface area contributed by atoms with Gasteiger partial charge in [-0.3, -0.25) is 9.59 Å². The van der Waals surface area contributed by atoms with Crippen molar-refractivity contribution in [2.24, 2.45) is 0 Å². The third kappa shape index (κ3) is 1.94. The number of hydrogen-bond donors (Lipinski definition) is 0. The first-order valence-corrected chi connectivity index (χ1v) is 5.98. The van der Waals surface area contributed by atoms with E-state index in [1.165, 1.54) is 6.92 Å². The summed E-state index contributed by atoms with van der Waals surface area (Å²) in [4.78, 5) is 23.8. The van der Waals surface area contributed by atoms with Gasteiger partial charge >= 0.3 is 5.97 Å². The topological polar surface area (TPSA) is 55.8 Å². The summed E-state index contributed by atoms with van der Waals surface area (Å²) in [7, 11) is 1.54. The van der Waals surface area contributed by atoms with E-state index in [0.717, 1.165) is 11.3 Å². The highest BCUT2D eigenvalue weighted by Crippen LogP contribution is 2.37. The third-order valence-corrected chi connectivity index (χ3v) is 3.86. The molecule has 1 saturated heterocycles. The monoisotopic (exact) mass is 243 g/mol. The molecule has 0 bridgehead atoms. The van der Waals surface area contributed by atoms with E-state index in [4.69, 9.17) is 9.47 Å². The lowest BCUT2D eigenvalue weighted by Crippen LogP contribution is -2.62. The number of hydrogen-bond acceptors (Lipinski definition) is 5. The Labute approximate surface area is 97.8 Å². The fourth-order valence-corrected chi connectivity index (χ4v) is 2.95. The van der Waals surface area contributed by atoms with Gasteiger partial charge in [0.2, 0.25) is 0 Å². The zero-order chi connectivity index (χ0) is 11.7. The number of esters is 1. The van der Waals surface area contributed by atoms with Crippen molar-refractivity contribution in [1.29, 1.82) is 0 Å². The van der Waals surface area contributed by atoms with Gasteiger partial charge in [-0.1, -0.05) is 0 Å². The van der Waals surface area contributed by atoms with Gasteiger partial charge in [0, 0.05) is 26.0 Å². The first-order valence-electron chi connectivity index (χ1n) is 4.93. The second-order valence-electron chi connectivity index (χ2n) is 3.67. The minimum Gasteiger partial charge on any atom is -0.461 e. The van der Waals surface area contributed by atoms with E-state index in [-0.39, 0.29) is 30.0 Å². The number of carbonyl (C=O) groups is 2. The van der Waals surface area contributed by atoms with Gasteiger partial charge in [0.25, 0.3) is 5.91 Å². The standard InChI is InChI=1S/C10H13NO4S/c1-6(12)15-4-7-3-11-9(13)8(14-2)10(11)16-5-7/h3,8,10H,4-5H2,1-2H3. The fraction of sp³-hybridized carbons (Fsp3) is 0.600. The molecule has 2 aliphatic heterocycles. The molecule has 88 valence electrons. The van der Waals surface area contributed by atoms with Crippen LogP contribution in [0, 0.1) is 0 Å². The lowest BCUT2D eigenvalue weighted by Gasteiger charge is -2.46. The van der Waals surface area contributed by atoms with E-state index in [0.29, 0.717) is 0 Å². The maximum Gasteiger partial charge on any atom is 0.302 e. The highest BCUT2D eigenvalue weighted by atomic mass is 32.2. The van der Waals surface area contributed by atoms with Crippen LogP contribution < -0.4 is 0 Å². The Balaban J connectivity index is 1.96. The molecule has 2 aliphatic rings. The molecule has 16 heavy (non-hydrogen) atoms. The number of methoxy groups -OCH3 is 1. The molecule has 2 unspecified atom stereocenters. The molecular formula is C10H13NO4S. The molecular weight excluding hydrogens is 230 g/mol. The number of carbonyl (C=O) groups excluding carboxylic acids is 2. The molecule has 1 amide bonds. The number of thioether (sulfide) groups is 1. The number of fused-ring (bicyclic) bond motifs is 1. The second-order valence-corrected chi connectivity index (χ2v) is 4.78. The van der Waals surface area contributed by atoms with Crippen LogP contribution in [-0.4, -0.2) is 47.7 Å². The summed E-state index contributed by atoms with van der Waals surface area (Å²) in [6, 6.07) is 0. The molecule has 5 nitrogen and oxygen atoms in total. The Bertz CT molecular complexity index is 355. The van der Waals surface area contributed by atoms with Gasteiger partial charge in [-0.2, -0.15) is 0 Å². The SMILES string of the molecule is COC1C(=O)N2C=C(COC(C)=O)CSC12. The lowest BCUT2D eigenvalue weighted by molar-refractivity contribution is -0.156. The maximum atomic E-state index is 11.5. The van der Waals surface area contributed by atoms with E-state index in [1.54, 1.807) is 30.0 Å². The maximum absolute atomic E-state index is 11.5. The normalized spacial score (nSPS) is 28.0. The summed E-state index contributed by atoms with van der Waals surface area (Å²) in [6.45, 7) is 1.63. The summed E-state index contributed by atoms with van der Waals surface area (Å²) >= 11 is 1.63. The largest absolute Gasteiger partial charge is 0.461 e. The van der Waals surface area contributed by atoms with E-state index in [9.17, 15) is 9.59 Å². The molecule has 0 aliphatic carbocycles. The minimum atomic E-state index is -0.323. The van der Waals surface area contributed by atoms with Gasteiger partial charge in [-0.05, 0) is 5.57 Å². The predicted molar refractivity (Wildman–Crippen MR) is 58.6 cm³/mol. The first-order chi connectivity index (χ1) is 7.63. The molecule has 0 spiro atoms. The number of ether oxygens (including phenoxy) is 2. The molecule has 0 aromatic heterocycles. The molecule has 2 rings (SSSR count). The molecule has 0 aromatic rings. The van der Waals surface area contributed by atoms with Crippen molar-refractivity contribution in [2.45, 2.75) is 18.4 Å².